The van der Waals surface area contributed by atoms with Crippen LogP contribution in [0.4, 0.5) is 0 Å². The molecule has 1 aromatic rings. The van der Waals surface area contributed by atoms with Crippen LogP contribution in [-0.2, 0) is 24.9 Å². The van der Waals surface area contributed by atoms with Crippen molar-refractivity contribution in [1.82, 2.24) is 14.9 Å². The first kappa shape index (κ1) is 10.7. The Morgan fingerprint density at radius 1 is 1.40 bits per heavy atom. The Morgan fingerprint density at radius 3 is 2.73 bits per heavy atom. The van der Waals surface area contributed by atoms with Gasteiger partial charge in [-0.25, -0.2) is 4.98 Å². The Hall–Kier alpha value is -0.830. The van der Waals surface area contributed by atoms with Gasteiger partial charge in [-0.15, -0.1) is 0 Å². The molecule has 0 spiro atoms. The molecule has 3 nitrogen and oxygen atoms in total. The Bertz CT molecular complexity index is 358. The predicted octanol–water partition coefficient (Wildman–Crippen LogP) is 1.85. The largest absolute Gasteiger partial charge is 0.332 e. The van der Waals surface area contributed by atoms with Crippen LogP contribution in [0.15, 0.2) is 0 Å². The van der Waals surface area contributed by atoms with Crippen LogP contribution in [0.1, 0.15) is 44.9 Å². The molecule has 15 heavy (non-hydrogen) atoms. The molecule has 2 rings (SSSR count). The number of aromatic nitrogens is 2. The molecule has 0 aliphatic carbocycles. The van der Waals surface area contributed by atoms with Crippen molar-refractivity contribution in [2.75, 3.05) is 6.54 Å². The zero-order valence-electron chi connectivity index (χ0n) is 10.2. The quantitative estimate of drug-likeness (QED) is 0.761. The summed E-state index contributed by atoms with van der Waals surface area (Å²) in [6.07, 6.45) is 1.12. The standard InChI is InChI=1S/C12H21N3/c1-5-15-10-6-7-13-8-9(10)14-11(15)12(2,3)4/h13H,5-8H2,1-4H3. The number of rotatable bonds is 1. The summed E-state index contributed by atoms with van der Waals surface area (Å²) in [6, 6.07) is 0. The average molecular weight is 207 g/mol. The van der Waals surface area contributed by atoms with E-state index < -0.39 is 0 Å². The van der Waals surface area contributed by atoms with Crippen molar-refractivity contribution in [2.24, 2.45) is 0 Å². The van der Waals surface area contributed by atoms with Gasteiger partial charge in [-0.2, -0.15) is 0 Å². The lowest BCUT2D eigenvalue weighted by molar-refractivity contribution is 0.498. The molecule has 0 saturated carbocycles. The topological polar surface area (TPSA) is 29.9 Å². The molecule has 1 aliphatic heterocycles. The van der Waals surface area contributed by atoms with Crippen LogP contribution in [0.2, 0.25) is 0 Å². The molecule has 1 aliphatic rings. The molecule has 1 N–H and O–H groups in total. The minimum atomic E-state index is 0.146. The second kappa shape index (κ2) is 3.63. The lowest BCUT2D eigenvalue weighted by Crippen LogP contribution is -2.25. The van der Waals surface area contributed by atoms with E-state index in [2.05, 4.69) is 37.6 Å². The van der Waals surface area contributed by atoms with Gasteiger partial charge >= 0.3 is 0 Å². The summed E-state index contributed by atoms with van der Waals surface area (Å²) in [5.41, 5.74) is 2.85. The maximum atomic E-state index is 4.79. The highest BCUT2D eigenvalue weighted by Crippen LogP contribution is 2.25. The fourth-order valence-electron chi connectivity index (χ4n) is 2.28. The smallest absolute Gasteiger partial charge is 0.114 e. The van der Waals surface area contributed by atoms with Gasteiger partial charge in [0.1, 0.15) is 5.82 Å². The summed E-state index contributed by atoms with van der Waals surface area (Å²) in [7, 11) is 0. The van der Waals surface area contributed by atoms with Crippen molar-refractivity contribution in [1.29, 1.82) is 0 Å². The van der Waals surface area contributed by atoms with E-state index in [1.807, 2.05) is 0 Å². The highest BCUT2D eigenvalue weighted by molar-refractivity contribution is 5.23. The monoisotopic (exact) mass is 207 g/mol. The SMILES string of the molecule is CCn1c(C(C)(C)C)nc2c1CCNC2. The molecular formula is C12H21N3. The molecule has 84 valence electrons. The molecule has 0 radical (unpaired) electrons. The molecule has 1 aromatic heterocycles. The van der Waals surface area contributed by atoms with Gasteiger partial charge in [0.25, 0.3) is 0 Å². The van der Waals surface area contributed by atoms with E-state index in [9.17, 15) is 0 Å². The van der Waals surface area contributed by atoms with E-state index in [1.54, 1.807) is 0 Å². The normalized spacial score (nSPS) is 16.5. The lowest BCUT2D eigenvalue weighted by Gasteiger charge is -2.20. The highest BCUT2D eigenvalue weighted by atomic mass is 15.1. The van der Waals surface area contributed by atoms with E-state index in [4.69, 9.17) is 4.98 Å². The van der Waals surface area contributed by atoms with Crippen molar-refractivity contribution in [2.45, 2.75) is 52.6 Å². The summed E-state index contributed by atoms with van der Waals surface area (Å²) < 4.78 is 2.40. The summed E-state index contributed by atoms with van der Waals surface area (Å²) in [6.45, 7) is 12.0. The van der Waals surface area contributed by atoms with Crippen molar-refractivity contribution in [3.63, 3.8) is 0 Å². The van der Waals surface area contributed by atoms with Gasteiger partial charge in [-0.05, 0) is 6.92 Å². The number of hydrogen-bond donors (Lipinski definition) is 1. The molecule has 3 heteroatoms. The van der Waals surface area contributed by atoms with Crippen LogP contribution in [0, 0.1) is 0 Å². The number of nitrogens with zero attached hydrogens (tertiary/aromatic N) is 2. The van der Waals surface area contributed by atoms with Crippen molar-refractivity contribution in [3.05, 3.63) is 17.2 Å². The predicted molar refractivity (Wildman–Crippen MR) is 62.0 cm³/mol. The molecule has 0 unspecified atom stereocenters. The van der Waals surface area contributed by atoms with Crippen LogP contribution in [0.5, 0.6) is 0 Å². The minimum absolute atomic E-state index is 0.146. The number of imidazole rings is 1. The Morgan fingerprint density at radius 2 is 2.13 bits per heavy atom. The maximum Gasteiger partial charge on any atom is 0.114 e. The molecular weight excluding hydrogens is 186 g/mol. The Kier molecular flexibility index (Phi) is 2.59. The second-order valence-electron chi connectivity index (χ2n) is 5.25. The van der Waals surface area contributed by atoms with Crippen LogP contribution in [-0.4, -0.2) is 16.1 Å². The fraction of sp³-hybridized carbons (Fsp3) is 0.750. The first-order valence-corrected chi connectivity index (χ1v) is 5.83. The van der Waals surface area contributed by atoms with Crippen molar-refractivity contribution in [3.8, 4) is 0 Å². The first-order valence-electron chi connectivity index (χ1n) is 5.83. The van der Waals surface area contributed by atoms with Gasteiger partial charge in [0.2, 0.25) is 0 Å². The van der Waals surface area contributed by atoms with Crippen LogP contribution >= 0.6 is 0 Å². The van der Waals surface area contributed by atoms with E-state index in [0.717, 1.165) is 26.1 Å². The summed E-state index contributed by atoms with van der Waals surface area (Å²) in [4.78, 5) is 4.79. The zero-order valence-corrected chi connectivity index (χ0v) is 10.2. The van der Waals surface area contributed by atoms with Gasteiger partial charge in [-0.3, -0.25) is 0 Å². The lowest BCUT2D eigenvalue weighted by atomic mass is 9.95. The van der Waals surface area contributed by atoms with Crippen LogP contribution < -0.4 is 5.32 Å². The van der Waals surface area contributed by atoms with Gasteiger partial charge in [0.15, 0.2) is 0 Å². The van der Waals surface area contributed by atoms with Crippen molar-refractivity contribution < 1.29 is 0 Å². The third kappa shape index (κ3) is 1.81. The molecule has 0 fully saturated rings. The third-order valence-corrected chi connectivity index (χ3v) is 2.97. The summed E-state index contributed by atoms with van der Waals surface area (Å²) in [5.74, 6) is 1.23. The minimum Gasteiger partial charge on any atom is -0.332 e. The van der Waals surface area contributed by atoms with E-state index >= 15 is 0 Å². The fourth-order valence-corrected chi connectivity index (χ4v) is 2.28. The number of nitrogens with one attached hydrogen (secondary N) is 1. The van der Waals surface area contributed by atoms with Gasteiger partial charge < -0.3 is 9.88 Å². The molecule has 2 heterocycles. The van der Waals surface area contributed by atoms with E-state index in [0.29, 0.717) is 0 Å². The molecule has 0 aromatic carbocycles. The third-order valence-electron chi connectivity index (χ3n) is 2.97. The van der Waals surface area contributed by atoms with Crippen LogP contribution in [0.25, 0.3) is 0 Å². The van der Waals surface area contributed by atoms with E-state index in [-0.39, 0.29) is 5.41 Å². The molecule has 0 bridgehead atoms. The maximum absolute atomic E-state index is 4.79. The van der Waals surface area contributed by atoms with Gasteiger partial charge in [0, 0.05) is 37.2 Å². The Labute approximate surface area is 91.9 Å². The number of fused-ring (bicyclic) bond motifs is 1. The first-order chi connectivity index (χ1) is 7.04. The van der Waals surface area contributed by atoms with Crippen LogP contribution in [0.3, 0.4) is 0 Å². The highest BCUT2D eigenvalue weighted by Gasteiger charge is 2.25. The van der Waals surface area contributed by atoms with Crippen molar-refractivity contribution >= 4 is 0 Å². The second-order valence-corrected chi connectivity index (χ2v) is 5.25. The summed E-state index contributed by atoms with van der Waals surface area (Å²) >= 11 is 0. The zero-order chi connectivity index (χ0) is 11.1. The number of hydrogen-bond acceptors (Lipinski definition) is 2. The van der Waals surface area contributed by atoms with Gasteiger partial charge in [-0.1, -0.05) is 20.8 Å². The molecule has 0 amide bonds. The van der Waals surface area contributed by atoms with Gasteiger partial charge in [0.05, 0.1) is 5.69 Å². The summed E-state index contributed by atoms with van der Waals surface area (Å²) in [5, 5.41) is 3.38. The average Bonchev–Trinajstić information content (AvgIpc) is 2.55. The van der Waals surface area contributed by atoms with E-state index in [1.165, 1.54) is 17.2 Å². The molecule has 0 atom stereocenters. The Balaban J connectivity index is 2.51. The molecule has 0 saturated heterocycles.